The summed E-state index contributed by atoms with van der Waals surface area (Å²) in [6.45, 7) is 1.95. The predicted molar refractivity (Wildman–Crippen MR) is 61.9 cm³/mol. The van der Waals surface area contributed by atoms with Crippen molar-refractivity contribution in [3.05, 3.63) is 10.6 Å². The van der Waals surface area contributed by atoms with Gasteiger partial charge in [0.25, 0.3) is 0 Å². The van der Waals surface area contributed by atoms with Crippen LogP contribution in [0.3, 0.4) is 0 Å². The lowest BCUT2D eigenvalue weighted by molar-refractivity contribution is 0.550. The van der Waals surface area contributed by atoms with Gasteiger partial charge in [-0.25, -0.2) is 13.4 Å². The van der Waals surface area contributed by atoms with E-state index in [1.165, 1.54) is 11.3 Å². The van der Waals surface area contributed by atoms with Gasteiger partial charge < -0.3 is 5.73 Å². The summed E-state index contributed by atoms with van der Waals surface area (Å²) < 4.78 is 23.0. The zero-order chi connectivity index (χ0) is 11.1. The molecule has 15 heavy (non-hydrogen) atoms. The zero-order valence-corrected chi connectivity index (χ0v) is 10.2. The number of anilines is 1. The van der Waals surface area contributed by atoms with Crippen molar-refractivity contribution in [3.63, 3.8) is 0 Å². The number of thiazole rings is 1. The van der Waals surface area contributed by atoms with E-state index in [0.717, 1.165) is 23.4 Å². The predicted octanol–water partition coefficient (Wildman–Crippen LogP) is 1.33. The van der Waals surface area contributed by atoms with E-state index in [1.54, 1.807) is 0 Å². The molecule has 1 aromatic heterocycles. The van der Waals surface area contributed by atoms with Crippen molar-refractivity contribution in [2.75, 3.05) is 17.2 Å². The van der Waals surface area contributed by atoms with Crippen LogP contribution in [0, 0.1) is 6.92 Å². The first-order valence-corrected chi connectivity index (χ1v) is 7.55. The maximum atomic E-state index is 11.5. The molecule has 0 saturated carbocycles. The molecule has 0 spiro atoms. The molecule has 1 aromatic rings. The number of aryl methyl sites for hydroxylation is 1. The molecule has 1 aliphatic heterocycles. The van der Waals surface area contributed by atoms with Crippen LogP contribution in [-0.2, 0) is 9.84 Å². The molecular formula is C9H14N2O2S2. The fraction of sp³-hybridized carbons (Fsp3) is 0.667. The monoisotopic (exact) mass is 246 g/mol. The Balaban J connectivity index is 2.28. The van der Waals surface area contributed by atoms with Gasteiger partial charge in [-0.2, -0.15) is 0 Å². The van der Waals surface area contributed by atoms with Crippen LogP contribution in [0.25, 0.3) is 0 Å². The Morgan fingerprint density at radius 1 is 1.53 bits per heavy atom. The number of sulfone groups is 1. The van der Waals surface area contributed by atoms with Crippen LogP contribution in [0.5, 0.6) is 0 Å². The molecule has 4 nitrogen and oxygen atoms in total. The molecule has 84 valence electrons. The average Bonchev–Trinajstić information content (AvgIpc) is 2.43. The third-order valence-corrected chi connectivity index (χ3v) is 5.34. The number of nitrogens with zero attached hydrogens (tertiary/aromatic N) is 1. The van der Waals surface area contributed by atoms with Crippen molar-refractivity contribution in [2.24, 2.45) is 0 Å². The van der Waals surface area contributed by atoms with Crippen LogP contribution < -0.4 is 5.73 Å². The van der Waals surface area contributed by atoms with E-state index in [9.17, 15) is 8.42 Å². The average molecular weight is 246 g/mol. The third-order valence-electron chi connectivity index (χ3n) is 2.70. The summed E-state index contributed by atoms with van der Waals surface area (Å²) in [5.41, 5.74) is 6.50. The summed E-state index contributed by atoms with van der Waals surface area (Å²) in [7, 11) is -2.86. The van der Waals surface area contributed by atoms with Gasteiger partial charge in [0.2, 0.25) is 0 Å². The molecule has 2 rings (SSSR count). The fourth-order valence-corrected chi connectivity index (χ4v) is 4.53. The minimum absolute atomic E-state index is 0.0531. The number of hydrogen-bond acceptors (Lipinski definition) is 5. The maximum absolute atomic E-state index is 11.5. The summed E-state index contributed by atoms with van der Waals surface area (Å²) in [6.07, 6.45) is 1.65. The van der Waals surface area contributed by atoms with Crippen molar-refractivity contribution < 1.29 is 8.42 Å². The molecule has 1 unspecified atom stereocenters. The quantitative estimate of drug-likeness (QED) is 0.811. The summed E-state index contributed by atoms with van der Waals surface area (Å²) in [4.78, 5) is 5.28. The highest BCUT2D eigenvalue weighted by Gasteiger charge is 2.28. The number of nitrogens with two attached hydrogens (primary N) is 1. The zero-order valence-electron chi connectivity index (χ0n) is 8.56. The summed E-state index contributed by atoms with van der Waals surface area (Å²) in [5.74, 6) is 0.608. The minimum Gasteiger partial charge on any atom is -0.375 e. The van der Waals surface area contributed by atoms with Crippen LogP contribution in [-0.4, -0.2) is 24.9 Å². The molecule has 1 atom stereocenters. The summed E-state index contributed by atoms with van der Waals surface area (Å²) >= 11 is 1.43. The van der Waals surface area contributed by atoms with Crippen molar-refractivity contribution in [1.82, 2.24) is 4.98 Å². The lowest BCUT2D eigenvalue weighted by atomic mass is 10.0. The highest BCUT2D eigenvalue weighted by Crippen LogP contribution is 2.32. The second-order valence-electron chi connectivity index (χ2n) is 3.95. The fourth-order valence-electron chi connectivity index (χ4n) is 2.05. The molecular weight excluding hydrogens is 232 g/mol. The minimum atomic E-state index is -2.86. The molecule has 0 bridgehead atoms. The number of rotatable bonds is 1. The summed E-state index contributed by atoms with van der Waals surface area (Å²) in [5, 5.41) is 0.533. The lowest BCUT2D eigenvalue weighted by Crippen LogP contribution is -2.24. The SMILES string of the molecule is Cc1sc(N)nc1C1CCCS(=O)(=O)C1. The third kappa shape index (κ3) is 2.31. The second kappa shape index (κ2) is 3.75. The molecule has 0 aliphatic carbocycles. The highest BCUT2D eigenvalue weighted by molar-refractivity contribution is 7.91. The smallest absolute Gasteiger partial charge is 0.180 e. The first kappa shape index (κ1) is 10.9. The van der Waals surface area contributed by atoms with Crippen molar-refractivity contribution in [3.8, 4) is 0 Å². The topological polar surface area (TPSA) is 73.0 Å². The van der Waals surface area contributed by atoms with Crippen LogP contribution in [0.15, 0.2) is 0 Å². The first-order valence-electron chi connectivity index (χ1n) is 4.91. The Bertz CT molecular complexity index is 464. The van der Waals surface area contributed by atoms with Gasteiger partial charge in [-0.05, 0) is 19.8 Å². The van der Waals surface area contributed by atoms with Crippen LogP contribution in [0.1, 0.15) is 29.3 Å². The van der Waals surface area contributed by atoms with E-state index in [1.807, 2.05) is 6.92 Å². The van der Waals surface area contributed by atoms with Crippen LogP contribution in [0.4, 0.5) is 5.13 Å². The van der Waals surface area contributed by atoms with Gasteiger partial charge in [0.15, 0.2) is 15.0 Å². The molecule has 0 radical (unpaired) electrons. The normalized spacial score (nSPS) is 25.3. The number of hydrogen-bond donors (Lipinski definition) is 1. The number of nitrogen functional groups attached to an aromatic ring is 1. The van der Waals surface area contributed by atoms with Crippen molar-refractivity contribution in [2.45, 2.75) is 25.7 Å². The number of aromatic nitrogens is 1. The molecule has 1 saturated heterocycles. The first-order chi connectivity index (χ1) is 6.98. The van der Waals surface area contributed by atoms with Crippen LogP contribution in [0.2, 0.25) is 0 Å². The molecule has 0 aromatic carbocycles. The Kier molecular flexibility index (Phi) is 2.72. The van der Waals surface area contributed by atoms with Gasteiger partial charge in [0, 0.05) is 10.8 Å². The standard InChI is InChI=1S/C9H14N2O2S2/c1-6-8(11-9(10)14-6)7-3-2-4-15(12,13)5-7/h7H,2-5H2,1H3,(H2,10,11). The highest BCUT2D eigenvalue weighted by atomic mass is 32.2. The van der Waals surface area contributed by atoms with E-state index in [-0.39, 0.29) is 11.7 Å². The van der Waals surface area contributed by atoms with Gasteiger partial charge in [0.05, 0.1) is 17.2 Å². The largest absolute Gasteiger partial charge is 0.375 e. The van der Waals surface area contributed by atoms with E-state index in [0.29, 0.717) is 10.9 Å². The van der Waals surface area contributed by atoms with E-state index < -0.39 is 9.84 Å². The molecule has 2 heterocycles. The van der Waals surface area contributed by atoms with Crippen LogP contribution >= 0.6 is 11.3 Å². The van der Waals surface area contributed by atoms with Gasteiger partial charge in [-0.3, -0.25) is 0 Å². The van der Waals surface area contributed by atoms with Gasteiger partial charge in [-0.15, -0.1) is 11.3 Å². The van der Waals surface area contributed by atoms with Crippen molar-refractivity contribution in [1.29, 1.82) is 0 Å². The molecule has 6 heteroatoms. The summed E-state index contributed by atoms with van der Waals surface area (Å²) in [6, 6.07) is 0. The molecule has 2 N–H and O–H groups in total. The lowest BCUT2D eigenvalue weighted by Gasteiger charge is -2.20. The Morgan fingerprint density at radius 3 is 2.80 bits per heavy atom. The van der Waals surface area contributed by atoms with Gasteiger partial charge in [-0.1, -0.05) is 0 Å². The van der Waals surface area contributed by atoms with E-state index in [2.05, 4.69) is 4.98 Å². The molecule has 0 amide bonds. The van der Waals surface area contributed by atoms with Crippen molar-refractivity contribution >= 4 is 26.3 Å². The molecule has 1 fully saturated rings. The van der Waals surface area contributed by atoms with E-state index in [4.69, 9.17) is 5.73 Å². The Morgan fingerprint density at radius 2 is 2.27 bits per heavy atom. The van der Waals surface area contributed by atoms with Gasteiger partial charge >= 0.3 is 0 Å². The Hall–Kier alpha value is -0.620. The second-order valence-corrected chi connectivity index (χ2v) is 7.41. The van der Waals surface area contributed by atoms with Gasteiger partial charge in [0.1, 0.15) is 0 Å². The Labute approximate surface area is 93.4 Å². The van der Waals surface area contributed by atoms with E-state index >= 15 is 0 Å². The maximum Gasteiger partial charge on any atom is 0.180 e. The molecule has 1 aliphatic rings.